The Labute approximate surface area is 184 Å². The Hall–Kier alpha value is -3.34. The maximum absolute atomic E-state index is 13.2. The van der Waals surface area contributed by atoms with Gasteiger partial charge in [0.1, 0.15) is 11.8 Å². The van der Waals surface area contributed by atoms with Crippen molar-refractivity contribution in [3.05, 3.63) is 78.4 Å². The van der Waals surface area contributed by atoms with Gasteiger partial charge in [-0.05, 0) is 37.3 Å². The van der Waals surface area contributed by atoms with Crippen LogP contribution in [0.15, 0.2) is 72.8 Å². The summed E-state index contributed by atoms with van der Waals surface area (Å²) in [6, 6.07) is 22.8. The summed E-state index contributed by atoms with van der Waals surface area (Å²) in [4.78, 5) is 27.5. The molecule has 31 heavy (non-hydrogen) atoms. The van der Waals surface area contributed by atoms with Gasteiger partial charge in [-0.25, -0.2) is 0 Å². The first-order chi connectivity index (χ1) is 15.0. The van der Waals surface area contributed by atoms with Crippen molar-refractivity contribution in [3.8, 4) is 5.75 Å². The zero-order chi connectivity index (χ0) is 22.2. The third-order valence-corrected chi connectivity index (χ3v) is 5.46. The standard InChI is InChI=1S/C26H30N2O3/c1-4-19(2)27-26(30)20(3)28(17-21-11-6-5-7-12-21)25(29)18-31-24-16-10-14-22-13-8-9-15-23(22)24/h5-16,19-20H,4,17-18H2,1-3H3,(H,27,30). The van der Waals surface area contributed by atoms with Crippen LogP contribution in [0.4, 0.5) is 0 Å². The van der Waals surface area contributed by atoms with E-state index in [0.717, 1.165) is 22.8 Å². The van der Waals surface area contributed by atoms with E-state index in [4.69, 9.17) is 4.74 Å². The lowest BCUT2D eigenvalue weighted by Gasteiger charge is -2.29. The zero-order valence-corrected chi connectivity index (χ0v) is 18.4. The Balaban J connectivity index is 1.77. The molecule has 2 atom stereocenters. The lowest BCUT2D eigenvalue weighted by Crippen LogP contribution is -2.50. The minimum absolute atomic E-state index is 0.0514. The molecule has 0 radical (unpaired) electrons. The van der Waals surface area contributed by atoms with E-state index < -0.39 is 6.04 Å². The van der Waals surface area contributed by atoms with Gasteiger partial charge < -0.3 is 15.0 Å². The molecule has 3 aromatic rings. The first-order valence-corrected chi connectivity index (χ1v) is 10.7. The fourth-order valence-electron chi connectivity index (χ4n) is 3.37. The molecular weight excluding hydrogens is 388 g/mol. The summed E-state index contributed by atoms with van der Waals surface area (Å²) in [5.74, 6) is 0.259. The van der Waals surface area contributed by atoms with Crippen molar-refractivity contribution >= 4 is 22.6 Å². The van der Waals surface area contributed by atoms with E-state index >= 15 is 0 Å². The second-order valence-corrected chi connectivity index (χ2v) is 7.77. The Morgan fingerprint density at radius 3 is 2.35 bits per heavy atom. The molecule has 0 spiro atoms. The van der Waals surface area contributed by atoms with Crippen LogP contribution in [-0.4, -0.2) is 35.4 Å². The van der Waals surface area contributed by atoms with Crippen LogP contribution >= 0.6 is 0 Å². The summed E-state index contributed by atoms with van der Waals surface area (Å²) in [5, 5.41) is 4.98. The zero-order valence-electron chi connectivity index (χ0n) is 18.4. The van der Waals surface area contributed by atoms with Gasteiger partial charge in [-0.2, -0.15) is 0 Å². The highest BCUT2D eigenvalue weighted by molar-refractivity contribution is 5.90. The van der Waals surface area contributed by atoms with E-state index in [0.29, 0.717) is 12.3 Å². The highest BCUT2D eigenvalue weighted by Crippen LogP contribution is 2.25. The predicted octanol–water partition coefficient (Wildman–Crippen LogP) is 4.55. The fourth-order valence-corrected chi connectivity index (χ4v) is 3.37. The SMILES string of the molecule is CCC(C)NC(=O)C(C)N(Cc1ccccc1)C(=O)COc1cccc2ccccc12. The summed E-state index contributed by atoms with van der Waals surface area (Å²) in [6.07, 6.45) is 0.829. The fraction of sp³-hybridized carbons (Fsp3) is 0.308. The third kappa shape index (κ3) is 5.85. The van der Waals surface area contributed by atoms with Gasteiger partial charge in [-0.1, -0.05) is 73.7 Å². The van der Waals surface area contributed by atoms with Gasteiger partial charge in [0.2, 0.25) is 5.91 Å². The number of ether oxygens (including phenoxy) is 1. The van der Waals surface area contributed by atoms with Crippen LogP contribution in [0.1, 0.15) is 32.8 Å². The monoisotopic (exact) mass is 418 g/mol. The van der Waals surface area contributed by atoms with Crippen molar-refractivity contribution in [1.29, 1.82) is 0 Å². The number of carbonyl (C=O) groups excluding carboxylic acids is 2. The lowest BCUT2D eigenvalue weighted by atomic mass is 10.1. The molecule has 0 bridgehead atoms. The predicted molar refractivity (Wildman–Crippen MR) is 124 cm³/mol. The normalized spacial score (nSPS) is 12.7. The average Bonchev–Trinajstić information content (AvgIpc) is 2.81. The summed E-state index contributed by atoms with van der Waals surface area (Å²) < 4.78 is 5.91. The van der Waals surface area contributed by atoms with Crippen LogP contribution in [-0.2, 0) is 16.1 Å². The quantitative estimate of drug-likeness (QED) is 0.555. The van der Waals surface area contributed by atoms with E-state index in [-0.39, 0.29) is 24.5 Å². The number of carbonyl (C=O) groups is 2. The van der Waals surface area contributed by atoms with Crippen LogP contribution in [0.2, 0.25) is 0 Å². The van der Waals surface area contributed by atoms with Crippen molar-refractivity contribution in [1.82, 2.24) is 10.2 Å². The third-order valence-electron chi connectivity index (χ3n) is 5.46. The molecule has 0 aromatic heterocycles. The molecule has 3 aromatic carbocycles. The van der Waals surface area contributed by atoms with E-state index in [1.165, 1.54) is 0 Å². The van der Waals surface area contributed by atoms with E-state index in [9.17, 15) is 9.59 Å². The van der Waals surface area contributed by atoms with Crippen molar-refractivity contribution in [3.63, 3.8) is 0 Å². The van der Waals surface area contributed by atoms with Gasteiger partial charge in [0.15, 0.2) is 6.61 Å². The second-order valence-electron chi connectivity index (χ2n) is 7.77. The van der Waals surface area contributed by atoms with Crippen molar-refractivity contribution in [2.75, 3.05) is 6.61 Å². The molecule has 0 saturated carbocycles. The molecular formula is C26H30N2O3. The van der Waals surface area contributed by atoms with Gasteiger partial charge in [0, 0.05) is 18.0 Å². The van der Waals surface area contributed by atoms with E-state index in [1.54, 1.807) is 11.8 Å². The Morgan fingerprint density at radius 1 is 0.935 bits per heavy atom. The molecule has 162 valence electrons. The molecule has 3 rings (SSSR count). The first-order valence-electron chi connectivity index (χ1n) is 10.7. The Kier molecular flexibility index (Phi) is 7.65. The molecule has 0 aliphatic rings. The summed E-state index contributed by atoms with van der Waals surface area (Å²) in [6.45, 7) is 5.93. The van der Waals surface area contributed by atoms with Crippen LogP contribution in [0, 0.1) is 0 Å². The maximum atomic E-state index is 13.2. The van der Waals surface area contributed by atoms with Gasteiger partial charge in [0.25, 0.3) is 5.91 Å². The van der Waals surface area contributed by atoms with Crippen molar-refractivity contribution in [2.45, 2.75) is 45.8 Å². The molecule has 5 nitrogen and oxygen atoms in total. The van der Waals surface area contributed by atoms with Crippen molar-refractivity contribution < 1.29 is 14.3 Å². The minimum atomic E-state index is -0.613. The molecule has 0 heterocycles. The summed E-state index contributed by atoms with van der Waals surface area (Å²) >= 11 is 0. The maximum Gasteiger partial charge on any atom is 0.261 e. The molecule has 2 amide bonds. The first kappa shape index (κ1) is 22.3. The molecule has 1 N–H and O–H groups in total. The average molecular weight is 419 g/mol. The van der Waals surface area contributed by atoms with Crippen LogP contribution in [0.5, 0.6) is 5.75 Å². The number of benzene rings is 3. The molecule has 0 aliphatic heterocycles. The van der Waals surface area contributed by atoms with Crippen LogP contribution in [0.25, 0.3) is 10.8 Å². The second kappa shape index (κ2) is 10.6. The number of hydrogen-bond acceptors (Lipinski definition) is 3. The van der Waals surface area contributed by atoms with Gasteiger partial charge in [0.05, 0.1) is 0 Å². The number of hydrogen-bond donors (Lipinski definition) is 1. The molecule has 0 aliphatic carbocycles. The van der Waals surface area contributed by atoms with Crippen LogP contribution < -0.4 is 10.1 Å². The topological polar surface area (TPSA) is 58.6 Å². The highest BCUT2D eigenvalue weighted by atomic mass is 16.5. The molecule has 0 saturated heterocycles. The minimum Gasteiger partial charge on any atom is -0.483 e. The van der Waals surface area contributed by atoms with Gasteiger partial charge >= 0.3 is 0 Å². The lowest BCUT2D eigenvalue weighted by molar-refractivity contribution is -0.142. The Bertz CT molecular complexity index is 1010. The van der Waals surface area contributed by atoms with Gasteiger partial charge in [-0.15, -0.1) is 0 Å². The highest BCUT2D eigenvalue weighted by Gasteiger charge is 2.27. The van der Waals surface area contributed by atoms with Crippen molar-refractivity contribution in [2.24, 2.45) is 0 Å². The van der Waals surface area contributed by atoms with E-state index in [1.807, 2.05) is 86.6 Å². The number of nitrogens with zero attached hydrogens (tertiary/aromatic N) is 1. The molecule has 0 fully saturated rings. The Morgan fingerprint density at radius 2 is 1.61 bits per heavy atom. The van der Waals surface area contributed by atoms with Gasteiger partial charge in [-0.3, -0.25) is 9.59 Å². The number of fused-ring (bicyclic) bond motifs is 1. The number of amides is 2. The largest absolute Gasteiger partial charge is 0.483 e. The number of nitrogens with one attached hydrogen (secondary N) is 1. The molecule has 2 unspecified atom stereocenters. The summed E-state index contributed by atoms with van der Waals surface area (Å²) in [5.41, 5.74) is 0.962. The van der Waals surface area contributed by atoms with E-state index in [2.05, 4.69) is 5.32 Å². The number of rotatable bonds is 9. The summed E-state index contributed by atoms with van der Waals surface area (Å²) in [7, 11) is 0. The smallest absolute Gasteiger partial charge is 0.261 e. The van der Waals surface area contributed by atoms with Crippen LogP contribution in [0.3, 0.4) is 0 Å². The molecule has 5 heteroatoms.